The zero-order valence-electron chi connectivity index (χ0n) is 11.0. The second-order valence-corrected chi connectivity index (χ2v) is 5.19. The highest BCUT2D eigenvalue weighted by Crippen LogP contribution is 2.31. The number of aromatic hydroxyl groups is 1. The summed E-state index contributed by atoms with van der Waals surface area (Å²) >= 11 is 0. The number of fused-ring (bicyclic) bond motifs is 1. The minimum Gasteiger partial charge on any atom is -0.508 e. The minimum atomic E-state index is 0.312. The van der Waals surface area contributed by atoms with E-state index >= 15 is 0 Å². The lowest BCUT2D eigenvalue weighted by atomic mass is 9.99. The van der Waals surface area contributed by atoms with E-state index in [1.54, 1.807) is 12.1 Å². The number of hydrogen-bond acceptors (Lipinski definition) is 2. The highest BCUT2D eigenvalue weighted by molar-refractivity contribution is 5.49. The third-order valence-corrected chi connectivity index (χ3v) is 3.83. The zero-order valence-corrected chi connectivity index (χ0v) is 11.0. The number of rotatable bonds is 2. The largest absolute Gasteiger partial charge is 0.508 e. The van der Waals surface area contributed by atoms with Crippen LogP contribution < -0.4 is 5.32 Å². The smallest absolute Gasteiger partial charge is 0.115 e. The first-order valence-electron chi connectivity index (χ1n) is 6.96. The van der Waals surface area contributed by atoms with Crippen molar-refractivity contribution in [3.8, 4) is 5.75 Å². The Morgan fingerprint density at radius 3 is 2.58 bits per heavy atom. The molecule has 0 saturated heterocycles. The third-order valence-electron chi connectivity index (χ3n) is 3.83. The fourth-order valence-electron chi connectivity index (χ4n) is 2.83. The second-order valence-electron chi connectivity index (χ2n) is 5.19. The molecule has 2 aromatic rings. The van der Waals surface area contributed by atoms with Gasteiger partial charge in [0.15, 0.2) is 0 Å². The van der Waals surface area contributed by atoms with Gasteiger partial charge in [-0.15, -0.1) is 0 Å². The summed E-state index contributed by atoms with van der Waals surface area (Å²) < 4.78 is 0. The summed E-state index contributed by atoms with van der Waals surface area (Å²) in [7, 11) is 0. The highest BCUT2D eigenvalue weighted by atomic mass is 16.3. The van der Waals surface area contributed by atoms with Crippen molar-refractivity contribution >= 4 is 5.69 Å². The Balaban J connectivity index is 1.86. The first-order chi connectivity index (χ1) is 9.33. The van der Waals surface area contributed by atoms with Crippen LogP contribution in [0, 0.1) is 0 Å². The van der Waals surface area contributed by atoms with Gasteiger partial charge < -0.3 is 10.4 Å². The molecule has 1 unspecified atom stereocenters. The molecule has 0 fully saturated rings. The van der Waals surface area contributed by atoms with E-state index in [-0.39, 0.29) is 0 Å². The lowest BCUT2D eigenvalue weighted by Gasteiger charge is -2.20. The predicted molar refractivity (Wildman–Crippen MR) is 78.5 cm³/mol. The number of benzene rings is 2. The van der Waals surface area contributed by atoms with E-state index in [2.05, 4.69) is 29.6 Å². The van der Waals surface area contributed by atoms with E-state index in [4.69, 9.17) is 0 Å². The van der Waals surface area contributed by atoms with Crippen LogP contribution in [0.5, 0.6) is 5.75 Å². The number of hydrogen-bond donors (Lipinski definition) is 2. The van der Waals surface area contributed by atoms with Gasteiger partial charge >= 0.3 is 0 Å². The molecule has 19 heavy (non-hydrogen) atoms. The predicted octanol–water partition coefficient (Wildman–Crippen LogP) is 4.27. The summed E-state index contributed by atoms with van der Waals surface area (Å²) in [5.74, 6) is 0.312. The Bertz CT molecular complexity index is 547. The molecule has 3 rings (SSSR count). The van der Waals surface area contributed by atoms with Crippen LogP contribution >= 0.6 is 0 Å². The van der Waals surface area contributed by atoms with Crippen LogP contribution in [0.15, 0.2) is 48.5 Å². The molecule has 0 saturated carbocycles. The summed E-state index contributed by atoms with van der Waals surface area (Å²) in [4.78, 5) is 0. The van der Waals surface area contributed by atoms with E-state index < -0.39 is 0 Å². The molecular weight excluding hydrogens is 234 g/mol. The highest BCUT2D eigenvalue weighted by Gasteiger charge is 2.17. The first-order valence-corrected chi connectivity index (χ1v) is 6.96. The van der Waals surface area contributed by atoms with Gasteiger partial charge in [0.1, 0.15) is 5.75 Å². The topological polar surface area (TPSA) is 32.3 Å². The summed E-state index contributed by atoms with van der Waals surface area (Å²) in [6, 6.07) is 16.4. The Morgan fingerprint density at radius 2 is 1.74 bits per heavy atom. The molecule has 0 aliphatic heterocycles. The summed E-state index contributed by atoms with van der Waals surface area (Å²) in [6.07, 6.45) is 4.87. The average Bonchev–Trinajstić information content (AvgIpc) is 2.64. The first kappa shape index (κ1) is 12.1. The monoisotopic (exact) mass is 253 g/mol. The SMILES string of the molecule is Oc1ccc(NC2CCCCc3ccccc32)cc1. The Morgan fingerprint density at radius 1 is 0.947 bits per heavy atom. The number of aryl methyl sites for hydroxylation is 1. The lowest BCUT2D eigenvalue weighted by Crippen LogP contribution is -2.11. The average molecular weight is 253 g/mol. The maximum Gasteiger partial charge on any atom is 0.115 e. The standard InChI is InChI=1S/C17H19NO/c19-15-11-9-14(10-12-15)18-17-8-4-2-6-13-5-1-3-7-16(13)17/h1,3,5,7,9-12,17-19H,2,4,6,8H2. The molecule has 1 aliphatic carbocycles. The summed E-state index contributed by atoms with van der Waals surface area (Å²) in [5.41, 5.74) is 3.96. The van der Waals surface area contributed by atoms with Crippen LogP contribution in [0.2, 0.25) is 0 Å². The van der Waals surface area contributed by atoms with Gasteiger partial charge in [0.2, 0.25) is 0 Å². The van der Waals surface area contributed by atoms with Gasteiger partial charge in [0.05, 0.1) is 6.04 Å². The van der Waals surface area contributed by atoms with E-state index in [1.165, 1.54) is 30.4 Å². The van der Waals surface area contributed by atoms with Crippen molar-refractivity contribution < 1.29 is 5.11 Å². The van der Waals surface area contributed by atoms with Crippen molar-refractivity contribution in [2.45, 2.75) is 31.7 Å². The third kappa shape index (κ3) is 2.73. The lowest BCUT2D eigenvalue weighted by molar-refractivity contribution is 0.475. The maximum atomic E-state index is 9.34. The molecule has 0 radical (unpaired) electrons. The molecule has 1 aliphatic rings. The normalized spacial score (nSPS) is 18.4. The number of phenols is 1. The molecule has 0 bridgehead atoms. The van der Waals surface area contributed by atoms with Crippen molar-refractivity contribution in [2.75, 3.05) is 5.32 Å². The molecule has 0 heterocycles. The maximum absolute atomic E-state index is 9.34. The minimum absolute atomic E-state index is 0.312. The molecule has 2 heteroatoms. The van der Waals surface area contributed by atoms with Crippen molar-refractivity contribution in [3.05, 3.63) is 59.7 Å². The van der Waals surface area contributed by atoms with Crippen LogP contribution in [-0.2, 0) is 6.42 Å². The van der Waals surface area contributed by atoms with Crippen molar-refractivity contribution in [1.29, 1.82) is 0 Å². The fourth-order valence-corrected chi connectivity index (χ4v) is 2.83. The molecule has 2 aromatic carbocycles. The van der Waals surface area contributed by atoms with E-state index in [0.717, 1.165) is 12.1 Å². The van der Waals surface area contributed by atoms with Crippen molar-refractivity contribution in [2.24, 2.45) is 0 Å². The molecule has 0 amide bonds. The van der Waals surface area contributed by atoms with Crippen LogP contribution in [0.4, 0.5) is 5.69 Å². The van der Waals surface area contributed by atoms with E-state index in [9.17, 15) is 5.11 Å². The van der Waals surface area contributed by atoms with Crippen molar-refractivity contribution in [3.63, 3.8) is 0 Å². The van der Waals surface area contributed by atoms with Gasteiger partial charge in [-0.1, -0.05) is 30.7 Å². The molecule has 0 aromatic heterocycles. The molecular formula is C17H19NO. The van der Waals surface area contributed by atoms with E-state index in [1.807, 2.05) is 12.1 Å². The van der Waals surface area contributed by atoms with Gasteiger partial charge in [0.25, 0.3) is 0 Å². The van der Waals surface area contributed by atoms with Crippen molar-refractivity contribution in [1.82, 2.24) is 0 Å². The van der Waals surface area contributed by atoms with Crippen LogP contribution in [0.25, 0.3) is 0 Å². The molecule has 2 nitrogen and oxygen atoms in total. The van der Waals surface area contributed by atoms with Crippen LogP contribution in [0.1, 0.15) is 36.4 Å². The van der Waals surface area contributed by atoms with Gasteiger partial charge in [-0.2, -0.15) is 0 Å². The number of phenolic OH excluding ortho intramolecular Hbond substituents is 1. The van der Waals surface area contributed by atoms with Gasteiger partial charge in [-0.05, 0) is 54.7 Å². The number of nitrogens with one attached hydrogen (secondary N) is 1. The van der Waals surface area contributed by atoms with Gasteiger partial charge in [-0.3, -0.25) is 0 Å². The quantitative estimate of drug-likeness (QED) is 0.618. The molecule has 0 spiro atoms. The summed E-state index contributed by atoms with van der Waals surface area (Å²) in [6.45, 7) is 0. The molecule has 1 atom stereocenters. The fraction of sp³-hybridized carbons (Fsp3) is 0.294. The summed E-state index contributed by atoms with van der Waals surface area (Å²) in [5, 5.41) is 12.9. The molecule has 98 valence electrons. The van der Waals surface area contributed by atoms with E-state index in [0.29, 0.717) is 11.8 Å². The van der Waals surface area contributed by atoms with Gasteiger partial charge in [0, 0.05) is 5.69 Å². The van der Waals surface area contributed by atoms with Crippen LogP contribution in [0.3, 0.4) is 0 Å². The second kappa shape index (κ2) is 5.35. The Kier molecular flexibility index (Phi) is 3.41. The van der Waals surface area contributed by atoms with Gasteiger partial charge in [-0.25, -0.2) is 0 Å². The molecule has 2 N–H and O–H groups in total. The zero-order chi connectivity index (χ0) is 13.1. The Labute approximate surface area is 114 Å². The Hall–Kier alpha value is -1.96. The number of anilines is 1. The van der Waals surface area contributed by atoms with Crippen LogP contribution in [-0.4, -0.2) is 5.11 Å².